The van der Waals surface area contributed by atoms with Gasteiger partial charge in [-0.05, 0) is 54.6 Å². The maximum atomic E-state index is 4.06. The Morgan fingerprint density at radius 3 is 2.30 bits per heavy atom. The Morgan fingerprint density at radius 1 is 0.593 bits per heavy atom. The molecule has 0 unspecified atom stereocenters. The Bertz CT molecular complexity index is 1000. The van der Waals surface area contributed by atoms with Gasteiger partial charge in [0.15, 0.2) is 0 Å². The zero-order valence-corrected chi connectivity index (χ0v) is 14.6. The van der Waals surface area contributed by atoms with E-state index in [9.17, 15) is 0 Å². The van der Waals surface area contributed by atoms with Crippen LogP contribution >= 0.6 is 0 Å². The summed E-state index contributed by atoms with van der Waals surface area (Å²) in [6.07, 6.45) is 14.8. The highest BCUT2D eigenvalue weighted by Gasteiger charge is 1.87. The van der Waals surface area contributed by atoms with Crippen molar-refractivity contribution in [2.45, 2.75) is 0 Å². The van der Waals surface area contributed by atoms with Gasteiger partial charge in [0.2, 0.25) is 0 Å². The molecule has 0 bridgehead atoms. The third kappa shape index (κ3) is 4.01. The Morgan fingerprint density at radius 2 is 1.41 bits per heavy atom. The first kappa shape index (κ1) is 16.5. The molecule has 0 saturated heterocycles. The van der Waals surface area contributed by atoms with Crippen LogP contribution < -0.4 is 0 Å². The maximum absolute atomic E-state index is 4.06. The second kappa shape index (κ2) is 7.97. The Balaban J connectivity index is 0.0000001000. The van der Waals surface area contributed by atoms with Crippen LogP contribution in [0.15, 0.2) is 110 Å². The molecule has 27 heavy (non-hydrogen) atoms. The molecule has 6 nitrogen and oxygen atoms in total. The van der Waals surface area contributed by atoms with Gasteiger partial charge in [-0.3, -0.25) is 4.40 Å². The van der Waals surface area contributed by atoms with Gasteiger partial charge < -0.3 is 4.40 Å². The van der Waals surface area contributed by atoms with E-state index in [2.05, 4.69) is 31.6 Å². The Hall–Kier alpha value is -3.93. The van der Waals surface area contributed by atoms with Crippen LogP contribution in [0.5, 0.6) is 0 Å². The molecular weight excluding hydrogens is 336 g/mol. The normalized spacial score (nSPS) is 10.2. The molecule has 0 saturated carbocycles. The minimum Gasteiger partial charge on any atom is -0.324 e. The van der Waals surface area contributed by atoms with Crippen LogP contribution in [0.2, 0.25) is 0 Å². The fourth-order valence-electron chi connectivity index (χ4n) is 2.63. The van der Waals surface area contributed by atoms with Gasteiger partial charge in [-0.1, -0.05) is 6.07 Å². The molecular formula is C21H18N6. The van der Waals surface area contributed by atoms with E-state index in [1.807, 2.05) is 82.2 Å². The summed E-state index contributed by atoms with van der Waals surface area (Å²) in [6, 6.07) is 20.1. The summed E-state index contributed by atoms with van der Waals surface area (Å²) in [5.41, 5.74) is 3.32. The van der Waals surface area contributed by atoms with Crippen molar-refractivity contribution in [1.82, 2.24) is 28.4 Å². The number of nitrogens with zero attached hydrogens (tertiary/aromatic N) is 6. The molecule has 0 aromatic carbocycles. The summed E-state index contributed by atoms with van der Waals surface area (Å²) in [4.78, 5) is 7.95. The number of imidazole rings is 1. The van der Waals surface area contributed by atoms with Crippen LogP contribution in [-0.4, -0.2) is 28.4 Å². The number of hydrogen-bond donors (Lipinski definition) is 0. The van der Waals surface area contributed by atoms with Crippen LogP contribution in [0.4, 0.5) is 0 Å². The fraction of sp³-hybridized carbons (Fsp3) is 0. The van der Waals surface area contributed by atoms with Crippen molar-refractivity contribution in [1.29, 1.82) is 0 Å². The highest BCUT2D eigenvalue weighted by atomic mass is 15.2. The van der Waals surface area contributed by atoms with Crippen LogP contribution in [0.3, 0.4) is 0 Å². The summed E-state index contributed by atoms with van der Waals surface area (Å²) >= 11 is 0. The molecule has 0 amide bonds. The lowest BCUT2D eigenvalue weighted by molar-refractivity contribution is 0.941. The molecule has 6 heterocycles. The first-order chi connectivity index (χ1) is 13.4. The summed E-state index contributed by atoms with van der Waals surface area (Å²) in [6.45, 7) is 0. The Labute approximate surface area is 156 Å². The van der Waals surface area contributed by atoms with Crippen molar-refractivity contribution in [3.63, 3.8) is 0 Å². The van der Waals surface area contributed by atoms with Crippen LogP contribution in [0, 0.1) is 0 Å². The van der Waals surface area contributed by atoms with Gasteiger partial charge in [-0.2, -0.15) is 5.10 Å². The quantitative estimate of drug-likeness (QED) is 0.414. The third-order valence-corrected chi connectivity index (χ3v) is 3.94. The van der Waals surface area contributed by atoms with Crippen molar-refractivity contribution < 1.29 is 0 Å². The topological polar surface area (TPSA) is 51.9 Å². The zero-order valence-electron chi connectivity index (χ0n) is 14.6. The molecule has 0 spiro atoms. The highest BCUT2D eigenvalue weighted by molar-refractivity contribution is 5.46. The van der Waals surface area contributed by atoms with Gasteiger partial charge in [-0.15, -0.1) is 0 Å². The van der Waals surface area contributed by atoms with Crippen molar-refractivity contribution in [3.05, 3.63) is 110 Å². The van der Waals surface area contributed by atoms with Crippen molar-refractivity contribution in [2.24, 2.45) is 0 Å². The summed E-state index contributed by atoms with van der Waals surface area (Å²) < 4.78 is 5.78. The van der Waals surface area contributed by atoms with Crippen molar-refractivity contribution >= 4 is 16.7 Å². The van der Waals surface area contributed by atoms with Gasteiger partial charge >= 0.3 is 0 Å². The second-order valence-corrected chi connectivity index (χ2v) is 5.72. The van der Waals surface area contributed by atoms with Crippen molar-refractivity contribution in [3.8, 4) is 0 Å². The van der Waals surface area contributed by atoms with E-state index < -0.39 is 0 Å². The molecule has 0 radical (unpaired) electrons. The number of rotatable bonds is 0. The molecule has 6 aromatic rings. The van der Waals surface area contributed by atoms with Crippen LogP contribution in [-0.2, 0) is 0 Å². The summed E-state index contributed by atoms with van der Waals surface area (Å²) in [5, 5.41) is 4.06. The standard InChI is InChI=1S/C8H7N.C7H6N2.C6H5N3/c1-2-6-9-7-3-5-8(9)4-1;1-3-7-4-2-6-9(7)8-5-1;1-2-7-5-9-4-3-8-6(1)9/h1-7H;1-6H;1-5H. The van der Waals surface area contributed by atoms with Gasteiger partial charge in [0.1, 0.15) is 12.0 Å². The lowest BCUT2D eigenvalue weighted by Gasteiger charge is -1.88. The number of pyridine rings is 1. The van der Waals surface area contributed by atoms with Gasteiger partial charge in [-0.25, -0.2) is 14.5 Å². The molecule has 6 rings (SSSR count). The predicted molar refractivity (Wildman–Crippen MR) is 106 cm³/mol. The van der Waals surface area contributed by atoms with E-state index >= 15 is 0 Å². The Kier molecular flexibility index (Phi) is 4.88. The van der Waals surface area contributed by atoms with E-state index in [0.29, 0.717) is 0 Å². The third-order valence-electron chi connectivity index (χ3n) is 3.94. The largest absolute Gasteiger partial charge is 0.324 e. The van der Waals surface area contributed by atoms with Gasteiger partial charge in [0, 0.05) is 48.9 Å². The first-order valence-corrected chi connectivity index (χ1v) is 8.53. The van der Waals surface area contributed by atoms with E-state index in [-0.39, 0.29) is 0 Å². The molecule has 6 aromatic heterocycles. The molecule has 0 aliphatic heterocycles. The number of fused-ring (bicyclic) bond motifs is 3. The van der Waals surface area contributed by atoms with Gasteiger partial charge in [0.05, 0.1) is 5.52 Å². The van der Waals surface area contributed by atoms with Gasteiger partial charge in [0.25, 0.3) is 0 Å². The number of aromatic nitrogens is 6. The smallest absolute Gasteiger partial charge is 0.139 e. The fourth-order valence-corrected chi connectivity index (χ4v) is 2.63. The molecule has 0 aliphatic rings. The molecule has 132 valence electrons. The molecule has 0 atom stereocenters. The zero-order chi connectivity index (χ0) is 18.3. The molecule has 6 heteroatoms. The monoisotopic (exact) mass is 354 g/mol. The SMILES string of the molecule is c1cc2nccn2cn1.c1ccn2cccc2c1.c1cnn2cccc2c1. The average Bonchev–Trinajstić information content (AvgIpc) is 3.48. The second-order valence-electron chi connectivity index (χ2n) is 5.72. The van der Waals surface area contributed by atoms with Crippen LogP contribution in [0.1, 0.15) is 0 Å². The van der Waals surface area contributed by atoms with Crippen molar-refractivity contribution in [2.75, 3.05) is 0 Å². The van der Waals surface area contributed by atoms with E-state index in [4.69, 9.17) is 0 Å². The lowest BCUT2D eigenvalue weighted by Crippen LogP contribution is -1.84. The first-order valence-electron chi connectivity index (χ1n) is 8.53. The minimum absolute atomic E-state index is 0.935. The molecule has 0 N–H and O–H groups in total. The van der Waals surface area contributed by atoms with E-state index in [1.54, 1.807) is 24.9 Å². The maximum Gasteiger partial charge on any atom is 0.139 e. The predicted octanol–water partition coefficient (Wildman–Crippen LogP) is 4.00. The van der Waals surface area contributed by atoms with E-state index in [1.165, 1.54) is 5.52 Å². The number of hydrogen-bond acceptors (Lipinski definition) is 3. The minimum atomic E-state index is 0.935. The molecule has 0 aliphatic carbocycles. The molecule has 0 fully saturated rings. The van der Waals surface area contributed by atoms with E-state index in [0.717, 1.165) is 11.2 Å². The summed E-state index contributed by atoms with van der Waals surface area (Å²) in [5.74, 6) is 0. The van der Waals surface area contributed by atoms with Crippen LogP contribution in [0.25, 0.3) is 16.7 Å². The average molecular weight is 354 g/mol. The summed E-state index contributed by atoms with van der Waals surface area (Å²) in [7, 11) is 0. The lowest BCUT2D eigenvalue weighted by atomic mass is 10.4. The highest BCUT2D eigenvalue weighted by Crippen LogP contribution is 2.01.